The predicted molar refractivity (Wildman–Crippen MR) is 129 cm³/mol. The van der Waals surface area contributed by atoms with Gasteiger partial charge in [-0.2, -0.15) is 0 Å². The lowest BCUT2D eigenvalue weighted by Crippen LogP contribution is -2.28. The van der Waals surface area contributed by atoms with Gasteiger partial charge in [0, 0.05) is 24.0 Å². The summed E-state index contributed by atoms with van der Waals surface area (Å²) in [4.78, 5) is 16.6. The third-order valence-corrected chi connectivity index (χ3v) is 6.29. The van der Waals surface area contributed by atoms with E-state index < -0.39 is 0 Å². The fourth-order valence-electron chi connectivity index (χ4n) is 3.00. The van der Waals surface area contributed by atoms with Crippen LogP contribution >= 0.6 is 34.5 Å². The van der Waals surface area contributed by atoms with Crippen molar-refractivity contribution >= 4 is 45.7 Å². The molecule has 1 atom stereocenters. The number of benzene rings is 2. The van der Waals surface area contributed by atoms with Gasteiger partial charge in [-0.15, -0.1) is 11.3 Å². The van der Waals surface area contributed by atoms with E-state index in [9.17, 15) is 4.79 Å². The van der Waals surface area contributed by atoms with Crippen molar-refractivity contribution in [3.8, 4) is 11.5 Å². The molecular formula is C22H24Cl2N4O3S. The van der Waals surface area contributed by atoms with E-state index in [-0.39, 0.29) is 12.1 Å². The summed E-state index contributed by atoms with van der Waals surface area (Å²) in [5.41, 5.74) is 8.93. The van der Waals surface area contributed by atoms with E-state index in [1.54, 1.807) is 32.4 Å². The lowest BCUT2D eigenvalue weighted by atomic mass is 10.0. The number of aryl methyl sites for hydroxylation is 1. The number of urea groups is 1. The van der Waals surface area contributed by atoms with E-state index >= 15 is 0 Å². The minimum atomic E-state index is -0.367. The number of carbonyl (C=O) groups is 1. The molecule has 1 heterocycles. The molecule has 0 radical (unpaired) electrons. The number of anilines is 1. The van der Waals surface area contributed by atoms with E-state index in [0.717, 1.165) is 34.7 Å². The van der Waals surface area contributed by atoms with Crippen LogP contribution in [0, 0.1) is 0 Å². The van der Waals surface area contributed by atoms with Crippen molar-refractivity contribution in [2.24, 2.45) is 5.73 Å². The fraction of sp³-hybridized carbons (Fsp3) is 0.273. The third-order valence-electron chi connectivity index (χ3n) is 4.78. The van der Waals surface area contributed by atoms with Gasteiger partial charge in [-0.25, -0.2) is 9.78 Å². The number of methoxy groups -OCH3 is 2. The van der Waals surface area contributed by atoms with Gasteiger partial charge in [0.05, 0.1) is 30.0 Å². The van der Waals surface area contributed by atoms with Gasteiger partial charge >= 0.3 is 6.03 Å². The Balaban J connectivity index is 1.51. The van der Waals surface area contributed by atoms with Gasteiger partial charge in [0.15, 0.2) is 5.13 Å². The molecule has 0 spiro atoms. The fourth-order valence-corrected chi connectivity index (χ4v) is 4.09. The van der Waals surface area contributed by atoms with Crippen molar-refractivity contribution in [1.82, 2.24) is 10.3 Å². The minimum Gasteiger partial charge on any atom is -0.497 e. The van der Waals surface area contributed by atoms with Gasteiger partial charge in [-0.1, -0.05) is 35.3 Å². The SMILES string of the molecule is COc1ccc(CCC(N)c2csc(NC(=O)NCc3ccc(Cl)c(Cl)c3)n2)c(OC)c1. The van der Waals surface area contributed by atoms with Crippen molar-refractivity contribution < 1.29 is 14.3 Å². The third kappa shape index (κ3) is 6.49. The Kier molecular flexibility index (Phi) is 8.58. The Labute approximate surface area is 200 Å². The van der Waals surface area contributed by atoms with Crippen LogP contribution in [0.25, 0.3) is 0 Å². The maximum absolute atomic E-state index is 12.2. The van der Waals surface area contributed by atoms with Crippen LogP contribution in [0.1, 0.15) is 29.3 Å². The molecule has 10 heteroatoms. The van der Waals surface area contributed by atoms with Crippen LogP contribution in [0.2, 0.25) is 10.0 Å². The Bertz CT molecular complexity index is 1080. The number of nitrogens with one attached hydrogen (secondary N) is 2. The number of thiazole rings is 1. The standard InChI is InChI=1S/C22H24Cl2N4O3S/c1-30-15-6-4-14(20(10-15)31-2)5-8-18(25)19-12-32-22(27-19)28-21(29)26-11-13-3-7-16(23)17(24)9-13/h3-4,6-7,9-10,12,18H,5,8,11,25H2,1-2H3,(H2,26,27,28,29). The number of ether oxygens (including phenoxy) is 2. The normalized spacial score (nSPS) is 11.7. The number of carbonyl (C=O) groups excluding carboxylic acids is 1. The summed E-state index contributed by atoms with van der Waals surface area (Å²) in [6.45, 7) is 0.310. The molecule has 3 rings (SSSR count). The first-order valence-corrected chi connectivity index (χ1v) is 11.4. The van der Waals surface area contributed by atoms with Gasteiger partial charge in [-0.05, 0) is 42.2 Å². The number of hydrogen-bond donors (Lipinski definition) is 3. The summed E-state index contributed by atoms with van der Waals surface area (Å²) in [5.74, 6) is 1.50. The van der Waals surface area contributed by atoms with E-state index in [1.807, 2.05) is 23.6 Å². The molecule has 0 aliphatic rings. The number of halogens is 2. The molecule has 1 aromatic heterocycles. The number of rotatable bonds is 9. The molecule has 0 aliphatic heterocycles. The van der Waals surface area contributed by atoms with Crippen LogP contribution in [0.4, 0.5) is 9.93 Å². The number of nitrogens with zero attached hydrogens (tertiary/aromatic N) is 1. The zero-order chi connectivity index (χ0) is 23.1. The Morgan fingerprint density at radius 1 is 1.16 bits per heavy atom. The number of amides is 2. The maximum atomic E-state index is 12.2. The van der Waals surface area contributed by atoms with Crippen molar-refractivity contribution in [2.75, 3.05) is 19.5 Å². The first kappa shape index (κ1) is 24.1. The van der Waals surface area contributed by atoms with Crippen molar-refractivity contribution in [3.63, 3.8) is 0 Å². The maximum Gasteiger partial charge on any atom is 0.321 e. The summed E-state index contributed by atoms with van der Waals surface area (Å²) in [6.07, 6.45) is 1.40. The summed E-state index contributed by atoms with van der Waals surface area (Å²) in [6, 6.07) is 10.3. The molecule has 0 saturated carbocycles. The van der Waals surface area contributed by atoms with E-state index in [4.69, 9.17) is 38.4 Å². The molecule has 2 amide bonds. The van der Waals surface area contributed by atoms with Crippen molar-refractivity contribution in [3.05, 3.63) is 68.6 Å². The Morgan fingerprint density at radius 2 is 1.97 bits per heavy atom. The Morgan fingerprint density at radius 3 is 2.69 bits per heavy atom. The van der Waals surface area contributed by atoms with Gasteiger partial charge < -0.3 is 20.5 Å². The highest BCUT2D eigenvalue weighted by Gasteiger charge is 2.14. The topological polar surface area (TPSA) is 98.5 Å². The smallest absolute Gasteiger partial charge is 0.321 e. The van der Waals surface area contributed by atoms with Crippen LogP contribution in [-0.2, 0) is 13.0 Å². The second-order valence-electron chi connectivity index (χ2n) is 6.96. The molecule has 7 nitrogen and oxygen atoms in total. The van der Waals surface area contributed by atoms with Crippen LogP contribution in [-0.4, -0.2) is 25.2 Å². The van der Waals surface area contributed by atoms with E-state index in [1.165, 1.54) is 11.3 Å². The van der Waals surface area contributed by atoms with Gasteiger partial charge in [0.2, 0.25) is 0 Å². The lowest BCUT2D eigenvalue weighted by Gasteiger charge is -2.13. The quantitative estimate of drug-likeness (QED) is 0.368. The van der Waals surface area contributed by atoms with Crippen molar-refractivity contribution in [1.29, 1.82) is 0 Å². The number of hydrogen-bond acceptors (Lipinski definition) is 6. The molecule has 2 aromatic carbocycles. The van der Waals surface area contributed by atoms with Gasteiger partial charge in [-0.3, -0.25) is 5.32 Å². The number of nitrogens with two attached hydrogens (primary N) is 1. The van der Waals surface area contributed by atoms with Crippen LogP contribution in [0.5, 0.6) is 11.5 Å². The second-order valence-corrected chi connectivity index (χ2v) is 8.63. The zero-order valence-electron chi connectivity index (χ0n) is 17.7. The van der Waals surface area contributed by atoms with Gasteiger partial charge in [0.1, 0.15) is 11.5 Å². The Hall–Kier alpha value is -2.52. The molecule has 0 aliphatic carbocycles. The van der Waals surface area contributed by atoms with Crippen molar-refractivity contribution in [2.45, 2.75) is 25.4 Å². The van der Waals surface area contributed by atoms with Crippen LogP contribution in [0.15, 0.2) is 41.8 Å². The molecule has 3 aromatic rings. The molecule has 32 heavy (non-hydrogen) atoms. The molecule has 0 bridgehead atoms. The van der Waals surface area contributed by atoms with E-state index in [2.05, 4.69) is 15.6 Å². The first-order valence-electron chi connectivity index (χ1n) is 9.80. The lowest BCUT2D eigenvalue weighted by molar-refractivity contribution is 0.251. The minimum absolute atomic E-state index is 0.270. The molecule has 1 unspecified atom stereocenters. The monoisotopic (exact) mass is 494 g/mol. The predicted octanol–water partition coefficient (Wildman–Crippen LogP) is 5.42. The second kappa shape index (κ2) is 11.4. The summed E-state index contributed by atoms with van der Waals surface area (Å²) < 4.78 is 10.7. The average Bonchev–Trinajstić information content (AvgIpc) is 3.26. The molecule has 0 saturated heterocycles. The van der Waals surface area contributed by atoms with Crippen LogP contribution < -0.4 is 25.8 Å². The molecule has 0 fully saturated rings. The molecular weight excluding hydrogens is 471 g/mol. The summed E-state index contributed by atoms with van der Waals surface area (Å²) >= 11 is 13.2. The molecule has 170 valence electrons. The highest BCUT2D eigenvalue weighted by molar-refractivity contribution is 7.13. The van der Waals surface area contributed by atoms with Crippen LogP contribution in [0.3, 0.4) is 0 Å². The van der Waals surface area contributed by atoms with Gasteiger partial charge in [0.25, 0.3) is 0 Å². The van der Waals surface area contributed by atoms with E-state index in [0.29, 0.717) is 28.1 Å². The molecule has 4 N–H and O–H groups in total. The highest BCUT2D eigenvalue weighted by Crippen LogP contribution is 2.28. The average molecular weight is 495 g/mol. The highest BCUT2D eigenvalue weighted by atomic mass is 35.5. The summed E-state index contributed by atoms with van der Waals surface area (Å²) in [7, 11) is 3.24. The largest absolute Gasteiger partial charge is 0.497 e. The first-order chi connectivity index (χ1) is 15.4. The number of aromatic nitrogens is 1. The summed E-state index contributed by atoms with van der Waals surface area (Å²) in [5, 5.41) is 8.73. The zero-order valence-corrected chi connectivity index (χ0v) is 20.0.